The van der Waals surface area contributed by atoms with Gasteiger partial charge in [-0.15, -0.1) is 0 Å². The molecule has 0 rings (SSSR count). The summed E-state index contributed by atoms with van der Waals surface area (Å²) >= 11 is 0. The summed E-state index contributed by atoms with van der Waals surface area (Å²) < 4.78 is 0. The number of hydrogen-bond donors (Lipinski definition) is 2. The van der Waals surface area contributed by atoms with Crippen LogP contribution in [0.3, 0.4) is 0 Å². The van der Waals surface area contributed by atoms with Crippen LogP contribution in [0, 0.1) is 0 Å². The second kappa shape index (κ2) is 38.1. The standard InChI is InChI=1S/Ag.ClH.2H3N/h;1H;2*1H3/q+1;;;/p-1. The fraction of sp³-hybridized carbons (Fsp3) is 0. The molecule has 0 fully saturated rings. The van der Waals surface area contributed by atoms with Gasteiger partial charge in [0, 0.05) is 0 Å². The monoisotopic (exact) mass is 176 g/mol. The van der Waals surface area contributed by atoms with Gasteiger partial charge in [-0.25, -0.2) is 0 Å². The Kier molecular flexibility index (Phi) is 814. The Hall–Kier alpha value is 0.950. The molecule has 34 valence electrons. The molecule has 0 aliphatic carbocycles. The van der Waals surface area contributed by atoms with E-state index in [0.717, 1.165) is 0 Å². The molecule has 0 aliphatic rings. The molecule has 0 atom stereocenters. The summed E-state index contributed by atoms with van der Waals surface area (Å²) in [6.07, 6.45) is 0. The Morgan fingerprint density at radius 2 is 0.750 bits per heavy atom. The van der Waals surface area contributed by atoms with Crippen molar-refractivity contribution in [3.8, 4) is 0 Å². The predicted molar refractivity (Wildman–Crippen MR) is 10.0 cm³/mol. The molecule has 4 heavy (non-hydrogen) atoms. The maximum atomic E-state index is 0. The van der Waals surface area contributed by atoms with E-state index in [1.807, 2.05) is 0 Å². The first-order valence-electron chi connectivity index (χ1n) is 0. The minimum atomic E-state index is 0. The molecule has 0 saturated heterocycles. The van der Waals surface area contributed by atoms with Crippen molar-refractivity contribution in [3.05, 3.63) is 0 Å². The number of halogens is 1. The van der Waals surface area contributed by atoms with E-state index in [0.29, 0.717) is 0 Å². The summed E-state index contributed by atoms with van der Waals surface area (Å²) in [6.45, 7) is 0. The molecule has 2 nitrogen and oxygen atoms in total. The molecule has 0 spiro atoms. The third kappa shape index (κ3) is 12.4. The normalized spacial score (nSPS) is 0. The van der Waals surface area contributed by atoms with Crippen LogP contribution < -0.4 is 24.7 Å². The molecule has 0 amide bonds. The van der Waals surface area contributed by atoms with Crippen molar-refractivity contribution < 1.29 is 34.8 Å². The van der Waals surface area contributed by atoms with Gasteiger partial charge in [0.2, 0.25) is 0 Å². The van der Waals surface area contributed by atoms with Gasteiger partial charge in [-0.1, -0.05) is 0 Å². The second-order valence-corrected chi connectivity index (χ2v) is 0. The van der Waals surface area contributed by atoms with Crippen molar-refractivity contribution in [1.29, 1.82) is 0 Å². The van der Waals surface area contributed by atoms with E-state index >= 15 is 0 Å². The van der Waals surface area contributed by atoms with Crippen molar-refractivity contribution >= 4 is 0 Å². The zero-order chi connectivity index (χ0) is 0. The van der Waals surface area contributed by atoms with Gasteiger partial charge in [-0.3, -0.25) is 0 Å². The molecule has 4 heteroatoms. The third-order valence-electron chi connectivity index (χ3n) is 0. The molecular formula is H6AgClN2. The first kappa shape index (κ1) is 85.5. The SMILES string of the molecule is N.N.[Ag+].[Cl-]. The van der Waals surface area contributed by atoms with Gasteiger partial charge in [-0.05, 0) is 0 Å². The summed E-state index contributed by atoms with van der Waals surface area (Å²) in [4.78, 5) is 0. The fourth-order valence-corrected chi connectivity index (χ4v) is 0. The van der Waals surface area contributed by atoms with Gasteiger partial charge in [0.05, 0.1) is 0 Å². The Balaban J connectivity index is 0. The van der Waals surface area contributed by atoms with E-state index in [1.165, 1.54) is 0 Å². The summed E-state index contributed by atoms with van der Waals surface area (Å²) in [7, 11) is 0. The molecule has 0 heterocycles. The van der Waals surface area contributed by atoms with Crippen LogP contribution in [0.1, 0.15) is 0 Å². The van der Waals surface area contributed by atoms with Crippen LogP contribution in [0.15, 0.2) is 0 Å². The van der Waals surface area contributed by atoms with Crippen molar-refractivity contribution in [2.24, 2.45) is 0 Å². The van der Waals surface area contributed by atoms with Crippen LogP contribution in [-0.2, 0) is 22.4 Å². The Labute approximate surface area is 47.4 Å². The van der Waals surface area contributed by atoms with Crippen LogP contribution in [-0.4, -0.2) is 0 Å². The summed E-state index contributed by atoms with van der Waals surface area (Å²) in [5, 5.41) is 0. The average molecular weight is 177 g/mol. The quantitative estimate of drug-likeness (QED) is 0.396. The molecule has 0 unspecified atom stereocenters. The van der Waals surface area contributed by atoms with Crippen LogP contribution in [0.4, 0.5) is 0 Å². The van der Waals surface area contributed by atoms with Crippen LogP contribution in [0.25, 0.3) is 0 Å². The van der Waals surface area contributed by atoms with E-state index in [1.54, 1.807) is 0 Å². The molecule has 0 bridgehead atoms. The van der Waals surface area contributed by atoms with E-state index in [9.17, 15) is 0 Å². The zero-order valence-electron chi connectivity index (χ0n) is 2.09. The predicted octanol–water partition coefficient (Wildman–Crippen LogP) is -2.67. The summed E-state index contributed by atoms with van der Waals surface area (Å²) in [5.74, 6) is 0. The molecule has 0 aromatic rings. The molecule has 0 aromatic carbocycles. The first-order valence-corrected chi connectivity index (χ1v) is 0. The van der Waals surface area contributed by atoms with Crippen LogP contribution >= 0.6 is 0 Å². The fourth-order valence-electron chi connectivity index (χ4n) is 0. The van der Waals surface area contributed by atoms with Gasteiger partial charge >= 0.3 is 22.4 Å². The van der Waals surface area contributed by atoms with Crippen molar-refractivity contribution in [2.45, 2.75) is 0 Å². The van der Waals surface area contributed by atoms with Crippen LogP contribution in [0.5, 0.6) is 0 Å². The summed E-state index contributed by atoms with van der Waals surface area (Å²) in [6, 6.07) is 0. The summed E-state index contributed by atoms with van der Waals surface area (Å²) in [5.41, 5.74) is 0. The van der Waals surface area contributed by atoms with Gasteiger partial charge in [0.1, 0.15) is 0 Å². The third-order valence-corrected chi connectivity index (χ3v) is 0. The van der Waals surface area contributed by atoms with E-state index in [-0.39, 0.29) is 47.1 Å². The van der Waals surface area contributed by atoms with E-state index in [4.69, 9.17) is 0 Å². The van der Waals surface area contributed by atoms with Gasteiger partial charge < -0.3 is 24.7 Å². The molecule has 6 N–H and O–H groups in total. The molecule has 0 radical (unpaired) electrons. The van der Waals surface area contributed by atoms with Crippen molar-refractivity contribution in [3.63, 3.8) is 0 Å². The second-order valence-electron chi connectivity index (χ2n) is 0. The van der Waals surface area contributed by atoms with Crippen LogP contribution in [0.2, 0.25) is 0 Å². The topological polar surface area (TPSA) is 70.0 Å². The van der Waals surface area contributed by atoms with E-state index < -0.39 is 0 Å². The smallest absolute Gasteiger partial charge is 1.00 e. The molecule has 0 aromatic heterocycles. The minimum Gasteiger partial charge on any atom is -1.00 e. The maximum absolute atomic E-state index is 0. The Morgan fingerprint density at radius 3 is 0.750 bits per heavy atom. The number of rotatable bonds is 0. The molecule has 0 aliphatic heterocycles. The molecule has 0 saturated carbocycles. The van der Waals surface area contributed by atoms with Gasteiger partial charge in [0.15, 0.2) is 0 Å². The first-order chi connectivity index (χ1) is 0. The largest absolute Gasteiger partial charge is 1.00 e. The average Bonchev–Trinajstić information content (AvgIpc) is 0. The zero-order valence-corrected chi connectivity index (χ0v) is 4.33. The van der Waals surface area contributed by atoms with Crippen molar-refractivity contribution in [1.82, 2.24) is 12.3 Å². The minimum absolute atomic E-state index is 0. The van der Waals surface area contributed by atoms with E-state index in [2.05, 4.69) is 0 Å². The maximum Gasteiger partial charge on any atom is 1.00 e. The van der Waals surface area contributed by atoms with Gasteiger partial charge in [0.25, 0.3) is 0 Å². The number of hydrogen-bond acceptors (Lipinski definition) is 2. The Morgan fingerprint density at radius 1 is 0.750 bits per heavy atom. The van der Waals surface area contributed by atoms with Crippen molar-refractivity contribution in [2.75, 3.05) is 0 Å². The molecular weight excluding hydrogens is 171 g/mol. The Bertz CT molecular complexity index is 6.00. The van der Waals surface area contributed by atoms with Gasteiger partial charge in [-0.2, -0.15) is 0 Å².